The van der Waals surface area contributed by atoms with Crippen LogP contribution in [-0.4, -0.2) is 45.2 Å². The minimum Gasteiger partial charge on any atom is -0.317 e. The standard InChI is InChI=1S/C23H23F3N4O2/c1-2-29-10-4-7-16(13-29)30-22-20(26)17(24)12-18(25)21(22)27-23(30)15-6-3-5-14(11-15)8-9-19(31)28-32/h3,5-6,8-9,11-12,16,32H,2,4,7,10,13H2,1H3,(H,28,31)/t16-/m1/s1. The number of hydrogen-bond donors (Lipinski definition) is 2. The number of fused-ring (bicyclic) bond motifs is 1. The predicted molar refractivity (Wildman–Crippen MR) is 114 cm³/mol. The Hall–Kier alpha value is -3.17. The molecule has 4 rings (SSSR count). The van der Waals surface area contributed by atoms with Crippen LogP contribution in [0.3, 0.4) is 0 Å². The molecule has 32 heavy (non-hydrogen) atoms. The summed E-state index contributed by atoms with van der Waals surface area (Å²) in [6.45, 7) is 4.38. The smallest absolute Gasteiger partial charge is 0.267 e. The molecule has 0 spiro atoms. The Balaban J connectivity index is 1.90. The van der Waals surface area contributed by atoms with E-state index in [4.69, 9.17) is 5.21 Å². The molecule has 0 bridgehead atoms. The Morgan fingerprint density at radius 3 is 2.84 bits per heavy atom. The summed E-state index contributed by atoms with van der Waals surface area (Å²) in [6.07, 6.45) is 4.23. The molecule has 1 saturated heterocycles. The van der Waals surface area contributed by atoms with Crippen LogP contribution in [0.2, 0.25) is 0 Å². The van der Waals surface area contributed by atoms with Crippen molar-refractivity contribution < 1.29 is 23.2 Å². The molecule has 0 aliphatic carbocycles. The average molecular weight is 444 g/mol. The number of carbonyl (C=O) groups is 1. The molecule has 2 aromatic carbocycles. The molecular weight excluding hydrogens is 421 g/mol. The topological polar surface area (TPSA) is 70.4 Å². The molecule has 1 aliphatic heterocycles. The lowest BCUT2D eigenvalue weighted by Crippen LogP contribution is -2.36. The molecule has 9 heteroatoms. The SMILES string of the molecule is CCN1CCC[C@@H](n2c(-c3cccc(C=CC(=O)NO)c3)nc3c(F)cc(F)c(F)c32)C1. The highest BCUT2D eigenvalue weighted by molar-refractivity contribution is 5.91. The van der Waals surface area contributed by atoms with E-state index in [0.29, 0.717) is 29.6 Å². The van der Waals surface area contributed by atoms with Crippen molar-refractivity contribution in [2.24, 2.45) is 0 Å². The lowest BCUT2D eigenvalue weighted by atomic mass is 10.0. The minimum atomic E-state index is -1.25. The van der Waals surface area contributed by atoms with Gasteiger partial charge >= 0.3 is 0 Å². The fourth-order valence-corrected chi connectivity index (χ4v) is 4.24. The van der Waals surface area contributed by atoms with Gasteiger partial charge in [-0.1, -0.05) is 25.1 Å². The molecule has 1 aromatic heterocycles. The first kappa shape index (κ1) is 22.0. The summed E-state index contributed by atoms with van der Waals surface area (Å²) >= 11 is 0. The molecule has 1 atom stereocenters. The predicted octanol–water partition coefficient (Wildman–Crippen LogP) is 4.30. The fourth-order valence-electron chi connectivity index (χ4n) is 4.24. The summed E-state index contributed by atoms with van der Waals surface area (Å²) in [6, 6.07) is 7.22. The Morgan fingerprint density at radius 2 is 2.09 bits per heavy atom. The first-order valence-corrected chi connectivity index (χ1v) is 10.4. The molecule has 0 saturated carbocycles. The lowest BCUT2D eigenvalue weighted by Gasteiger charge is -2.33. The van der Waals surface area contributed by atoms with Crippen LogP contribution in [0.15, 0.2) is 36.4 Å². The number of imidazole rings is 1. The zero-order chi connectivity index (χ0) is 22.8. The number of rotatable bonds is 5. The maximum Gasteiger partial charge on any atom is 0.267 e. The number of benzene rings is 2. The third-order valence-corrected chi connectivity index (χ3v) is 5.78. The van der Waals surface area contributed by atoms with Gasteiger partial charge in [0.1, 0.15) is 16.9 Å². The zero-order valence-electron chi connectivity index (χ0n) is 17.5. The van der Waals surface area contributed by atoms with Crippen molar-refractivity contribution in [2.45, 2.75) is 25.8 Å². The maximum atomic E-state index is 14.9. The quantitative estimate of drug-likeness (QED) is 0.267. The normalized spacial score (nSPS) is 17.3. The second-order valence-electron chi connectivity index (χ2n) is 7.78. The third-order valence-electron chi connectivity index (χ3n) is 5.78. The zero-order valence-corrected chi connectivity index (χ0v) is 17.5. The summed E-state index contributed by atoms with van der Waals surface area (Å²) in [5, 5.41) is 8.65. The molecule has 2 N–H and O–H groups in total. The average Bonchev–Trinajstić information content (AvgIpc) is 3.23. The number of carbonyl (C=O) groups excluding carboxylic acids is 1. The largest absolute Gasteiger partial charge is 0.317 e. The molecule has 3 aromatic rings. The van der Waals surface area contributed by atoms with Crippen LogP contribution in [-0.2, 0) is 4.79 Å². The van der Waals surface area contributed by atoms with Crippen LogP contribution in [0.5, 0.6) is 0 Å². The van der Waals surface area contributed by atoms with E-state index in [1.807, 2.05) is 6.92 Å². The number of piperidine rings is 1. The summed E-state index contributed by atoms with van der Waals surface area (Å²) in [5.74, 6) is -3.66. The number of amides is 1. The number of aromatic nitrogens is 2. The first-order valence-electron chi connectivity index (χ1n) is 10.4. The van der Waals surface area contributed by atoms with E-state index < -0.39 is 23.4 Å². The van der Waals surface area contributed by atoms with Gasteiger partial charge in [0.15, 0.2) is 17.5 Å². The molecule has 1 fully saturated rings. The molecule has 6 nitrogen and oxygen atoms in total. The van der Waals surface area contributed by atoms with Crippen LogP contribution in [0.25, 0.3) is 28.5 Å². The second kappa shape index (κ2) is 9.13. The van der Waals surface area contributed by atoms with E-state index in [-0.39, 0.29) is 17.1 Å². The molecule has 1 amide bonds. The van der Waals surface area contributed by atoms with Crippen molar-refractivity contribution in [1.82, 2.24) is 19.9 Å². The molecule has 168 valence electrons. The van der Waals surface area contributed by atoms with Gasteiger partial charge in [-0.15, -0.1) is 0 Å². The lowest BCUT2D eigenvalue weighted by molar-refractivity contribution is -0.124. The number of nitrogens with one attached hydrogen (secondary N) is 1. The molecular formula is C23H23F3N4O2. The summed E-state index contributed by atoms with van der Waals surface area (Å²) in [4.78, 5) is 17.9. The number of likely N-dealkylation sites (N-methyl/N-ethyl adjacent to an activating group) is 1. The number of hydroxylamine groups is 1. The third kappa shape index (κ3) is 4.13. The Kier molecular flexibility index (Phi) is 6.29. The number of nitrogens with zero attached hydrogens (tertiary/aromatic N) is 3. The highest BCUT2D eigenvalue weighted by atomic mass is 19.2. The first-order chi connectivity index (χ1) is 15.4. The van der Waals surface area contributed by atoms with E-state index in [0.717, 1.165) is 32.0 Å². The van der Waals surface area contributed by atoms with Gasteiger partial charge in [0, 0.05) is 30.3 Å². The molecule has 2 heterocycles. The summed E-state index contributed by atoms with van der Waals surface area (Å²) in [5.41, 5.74) is 2.31. The van der Waals surface area contributed by atoms with Crippen LogP contribution >= 0.6 is 0 Å². The summed E-state index contributed by atoms with van der Waals surface area (Å²) in [7, 11) is 0. The number of halogens is 3. The van der Waals surface area contributed by atoms with Crippen molar-refractivity contribution in [2.75, 3.05) is 19.6 Å². The highest BCUT2D eigenvalue weighted by Gasteiger charge is 2.29. The Labute approximate surface area is 182 Å². The van der Waals surface area contributed by atoms with Gasteiger partial charge in [0.2, 0.25) is 0 Å². The van der Waals surface area contributed by atoms with E-state index in [1.165, 1.54) is 11.6 Å². The van der Waals surface area contributed by atoms with Gasteiger partial charge in [-0.05, 0) is 43.6 Å². The van der Waals surface area contributed by atoms with E-state index in [9.17, 15) is 18.0 Å². The van der Waals surface area contributed by atoms with Gasteiger partial charge < -0.3 is 9.47 Å². The van der Waals surface area contributed by atoms with Gasteiger partial charge in [0.25, 0.3) is 5.91 Å². The minimum absolute atomic E-state index is 0.180. The van der Waals surface area contributed by atoms with Gasteiger partial charge in [-0.2, -0.15) is 0 Å². The van der Waals surface area contributed by atoms with Crippen molar-refractivity contribution in [3.8, 4) is 11.4 Å². The van der Waals surface area contributed by atoms with E-state index in [2.05, 4.69) is 9.88 Å². The summed E-state index contributed by atoms with van der Waals surface area (Å²) < 4.78 is 45.3. The van der Waals surface area contributed by atoms with Gasteiger partial charge in [0.05, 0.1) is 0 Å². The monoisotopic (exact) mass is 444 g/mol. The van der Waals surface area contributed by atoms with Crippen molar-refractivity contribution in [3.05, 3.63) is 59.4 Å². The number of likely N-dealkylation sites (tertiary alicyclic amines) is 1. The number of hydrogen-bond acceptors (Lipinski definition) is 4. The highest BCUT2D eigenvalue weighted by Crippen LogP contribution is 2.35. The van der Waals surface area contributed by atoms with E-state index in [1.54, 1.807) is 28.8 Å². The second-order valence-corrected chi connectivity index (χ2v) is 7.78. The van der Waals surface area contributed by atoms with Crippen molar-refractivity contribution in [3.63, 3.8) is 0 Å². The van der Waals surface area contributed by atoms with Crippen molar-refractivity contribution in [1.29, 1.82) is 0 Å². The van der Waals surface area contributed by atoms with Gasteiger partial charge in [-0.25, -0.2) is 23.6 Å². The van der Waals surface area contributed by atoms with Crippen LogP contribution in [0.1, 0.15) is 31.4 Å². The van der Waals surface area contributed by atoms with Crippen LogP contribution < -0.4 is 5.48 Å². The van der Waals surface area contributed by atoms with E-state index >= 15 is 0 Å². The fraction of sp³-hybridized carbons (Fsp3) is 0.304. The Bertz CT molecular complexity index is 1190. The van der Waals surface area contributed by atoms with Crippen LogP contribution in [0, 0.1) is 17.5 Å². The van der Waals surface area contributed by atoms with Gasteiger partial charge in [-0.3, -0.25) is 10.0 Å². The van der Waals surface area contributed by atoms with Crippen molar-refractivity contribution >= 4 is 23.0 Å². The molecule has 1 aliphatic rings. The maximum absolute atomic E-state index is 14.9. The molecule has 0 radical (unpaired) electrons. The Morgan fingerprint density at radius 1 is 1.28 bits per heavy atom. The molecule has 0 unspecified atom stereocenters. The van der Waals surface area contributed by atoms with Crippen LogP contribution in [0.4, 0.5) is 13.2 Å².